The first-order valence-corrected chi connectivity index (χ1v) is 14.3. The second-order valence-corrected chi connectivity index (χ2v) is 11.9. The lowest BCUT2D eigenvalue weighted by molar-refractivity contribution is -0.161. The number of aliphatic imine (C=N–C) groups is 1. The molecule has 220 valence electrons. The SMILES string of the molecule is CC(C)(O/N=C(\C(=O)NC1C(=O)N2C(C(=O)O)=C(CSC3=NC(N)=CC(N)N3N)CS[C@@H]12)c1nsc(N)n1)C(=O)O. The van der Waals surface area contributed by atoms with Crippen molar-refractivity contribution in [3.8, 4) is 0 Å². The Morgan fingerprint density at radius 3 is 2.63 bits per heavy atom. The Hall–Kier alpha value is -3.92. The Balaban J connectivity index is 1.51. The van der Waals surface area contributed by atoms with E-state index in [4.69, 9.17) is 27.9 Å². The molecule has 3 aliphatic heterocycles. The van der Waals surface area contributed by atoms with Crippen molar-refractivity contribution in [2.24, 2.45) is 27.5 Å². The average Bonchev–Trinajstić information content (AvgIpc) is 3.33. The number of hydrogen-bond acceptors (Lipinski definition) is 17. The van der Waals surface area contributed by atoms with Gasteiger partial charge in [-0.15, -0.1) is 11.8 Å². The molecule has 3 aliphatic rings. The molecule has 1 aromatic heterocycles. The maximum absolute atomic E-state index is 13.2. The number of carbonyl (C=O) groups excluding carboxylic acids is 2. The van der Waals surface area contributed by atoms with Crippen LogP contribution in [0.5, 0.6) is 0 Å². The van der Waals surface area contributed by atoms with E-state index >= 15 is 0 Å². The third-order valence-corrected chi connectivity index (χ3v) is 8.70. The molecular formula is C20H25N11O7S3. The molecule has 18 nitrogen and oxygen atoms in total. The molecule has 3 atom stereocenters. The summed E-state index contributed by atoms with van der Waals surface area (Å²) in [6, 6.07) is -1.13. The summed E-state index contributed by atoms with van der Waals surface area (Å²) >= 11 is 3.10. The smallest absolute Gasteiger partial charge is 0.352 e. The summed E-state index contributed by atoms with van der Waals surface area (Å²) in [4.78, 5) is 64.0. The molecule has 1 fully saturated rings. The van der Waals surface area contributed by atoms with Gasteiger partial charge in [0.1, 0.15) is 29.1 Å². The van der Waals surface area contributed by atoms with Crippen LogP contribution in [0.3, 0.4) is 0 Å². The maximum Gasteiger partial charge on any atom is 0.352 e. The van der Waals surface area contributed by atoms with Gasteiger partial charge in [0.15, 0.2) is 10.3 Å². The molecule has 0 saturated carbocycles. The number of carbonyl (C=O) groups is 4. The van der Waals surface area contributed by atoms with Gasteiger partial charge in [-0.25, -0.2) is 20.4 Å². The third kappa shape index (κ3) is 6.07. The van der Waals surface area contributed by atoms with Crippen molar-refractivity contribution >= 4 is 74.8 Å². The van der Waals surface area contributed by atoms with E-state index in [1.54, 1.807) is 0 Å². The quantitative estimate of drug-likeness (QED) is 0.0661. The van der Waals surface area contributed by atoms with Crippen LogP contribution < -0.4 is 28.4 Å². The summed E-state index contributed by atoms with van der Waals surface area (Å²) in [6.07, 6.45) is 0.744. The van der Waals surface area contributed by atoms with Crippen molar-refractivity contribution < 1.29 is 34.2 Å². The fourth-order valence-electron chi connectivity index (χ4n) is 3.56. The van der Waals surface area contributed by atoms with Crippen LogP contribution in [0.2, 0.25) is 0 Å². The van der Waals surface area contributed by atoms with Crippen LogP contribution in [0.25, 0.3) is 0 Å². The number of thioether (sulfide) groups is 2. The molecule has 4 rings (SSSR count). The Labute approximate surface area is 244 Å². The number of hydrogen-bond donors (Lipinski definition) is 7. The number of nitrogens with two attached hydrogens (primary N) is 4. The van der Waals surface area contributed by atoms with Crippen molar-refractivity contribution in [3.05, 3.63) is 29.0 Å². The number of oxime groups is 1. The number of carboxylic acid groups (broad SMARTS) is 2. The number of nitrogens with zero attached hydrogens (tertiary/aromatic N) is 6. The van der Waals surface area contributed by atoms with Crippen LogP contribution >= 0.6 is 35.1 Å². The molecule has 4 heterocycles. The molecule has 0 bridgehead atoms. The average molecular weight is 628 g/mol. The molecule has 0 radical (unpaired) electrons. The highest BCUT2D eigenvalue weighted by atomic mass is 32.2. The molecule has 1 saturated heterocycles. The normalized spacial score (nSPS) is 22.9. The number of rotatable bonds is 9. The second-order valence-electron chi connectivity index (χ2n) is 9.09. The first-order valence-electron chi connectivity index (χ1n) is 11.5. The Kier molecular flexibility index (Phi) is 8.44. The predicted octanol–water partition coefficient (Wildman–Crippen LogP) is -2.19. The highest BCUT2D eigenvalue weighted by Gasteiger charge is 2.54. The number of amidine groups is 1. The van der Waals surface area contributed by atoms with Crippen LogP contribution in [-0.2, 0) is 24.0 Å². The minimum atomic E-state index is -1.80. The zero-order valence-electron chi connectivity index (χ0n) is 21.4. The minimum Gasteiger partial charge on any atom is -0.478 e. The number of β-lactam (4-membered cyclic amide) rings is 1. The Morgan fingerprint density at radius 1 is 1.32 bits per heavy atom. The van der Waals surface area contributed by atoms with Crippen LogP contribution in [0.15, 0.2) is 33.3 Å². The number of nitrogen functional groups attached to an aromatic ring is 1. The van der Waals surface area contributed by atoms with Gasteiger partial charge in [0, 0.05) is 23.0 Å². The van der Waals surface area contributed by atoms with Crippen molar-refractivity contribution in [2.45, 2.75) is 37.0 Å². The summed E-state index contributed by atoms with van der Waals surface area (Å²) in [7, 11) is 0. The first-order chi connectivity index (χ1) is 19.2. The van der Waals surface area contributed by atoms with Gasteiger partial charge in [-0.1, -0.05) is 16.9 Å². The summed E-state index contributed by atoms with van der Waals surface area (Å²) in [5.41, 5.74) is 15.1. The van der Waals surface area contributed by atoms with E-state index in [9.17, 15) is 29.4 Å². The van der Waals surface area contributed by atoms with E-state index in [-0.39, 0.29) is 39.1 Å². The lowest BCUT2D eigenvalue weighted by Gasteiger charge is -2.49. The highest BCUT2D eigenvalue weighted by Crippen LogP contribution is 2.41. The second kappa shape index (κ2) is 11.5. The number of amides is 2. The summed E-state index contributed by atoms with van der Waals surface area (Å²) in [6.45, 7) is 2.43. The van der Waals surface area contributed by atoms with Gasteiger partial charge >= 0.3 is 11.9 Å². The van der Waals surface area contributed by atoms with E-state index in [1.807, 2.05) is 0 Å². The fraction of sp³-hybridized carbons (Fsp3) is 0.400. The standard InChI is InChI=1S/C20H25N11O7S3/c1-20(2,17(36)37)38-28-9(12-27-18(23)41-29-12)13(32)26-10-14(33)30-11(16(34)35)6(4-39-15(10)30)5-40-19-25-7(21)3-8(22)31(19)24/h3,8,10,15H,4-5,21-22,24H2,1-2H3,(H,26,32)(H,34,35)(H,36,37)(H2,23,27,29)/b28-9-/t8?,10?,15-/m0/s1. The van der Waals surface area contributed by atoms with E-state index < -0.39 is 52.6 Å². The lowest BCUT2D eigenvalue weighted by atomic mass is 10.0. The zero-order valence-corrected chi connectivity index (χ0v) is 23.8. The van der Waals surface area contributed by atoms with Crippen LogP contribution in [0.4, 0.5) is 5.13 Å². The lowest BCUT2D eigenvalue weighted by Crippen LogP contribution is -2.71. The fourth-order valence-corrected chi connectivity index (χ4v) is 6.46. The van der Waals surface area contributed by atoms with Crippen LogP contribution in [0, 0.1) is 0 Å². The van der Waals surface area contributed by atoms with Gasteiger partial charge in [-0.3, -0.25) is 19.5 Å². The number of nitrogens with one attached hydrogen (secondary N) is 1. The number of fused-ring (bicyclic) bond motifs is 1. The van der Waals surface area contributed by atoms with E-state index in [1.165, 1.54) is 36.7 Å². The van der Waals surface area contributed by atoms with Gasteiger partial charge in [0.05, 0.1) is 0 Å². The predicted molar refractivity (Wildman–Crippen MR) is 150 cm³/mol. The maximum atomic E-state index is 13.2. The number of carboxylic acids is 2. The van der Waals surface area contributed by atoms with Crippen molar-refractivity contribution in [1.29, 1.82) is 0 Å². The largest absolute Gasteiger partial charge is 0.478 e. The number of hydrazine groups is 1. The van der Waals surface area contributed by atoms with E-state index in [0.29, 0.717) is 5.57 Å². The Bertz CT molecular complexity index is 1420. The van der Waals surface area contributed by atoms with Crippen molar-refractivity contribution in [2.75, 3.05) is 17.2 Å². The van der Waals surface area contributed by atoms with E-state index in [2.05, 4.69) is 24.8 Å². The molecule has 2 unspecified atom stereocenters. The topological polar surface area (TPSA) is 291 Å². The number of aliphatic carboxylic acids is 2. The van der Waals surface area contributed by atoms with E-state index in [0.717, 1.165) is 28.2 Å². The molecule has 0 aliphatic carbocycles. The molecular weight excluding hydrogens is 602 g/mol. The Morgan fingerprint density at radius 2 is 2.02 bits per heavy atom. The first kappa shape index (κ1) is 30.0. The zero-order chi connectivity index (χ0) is 30.2. The molecule has 41 heavy (non-hydrogen) atoms. The van der Waals surface area contributed by atoms with Gasteiger partial charge in [0.25, 0.3) is 11.8 Å². The van der Waals surface area contributed by atoms with Crippen molar-refractivity contribution in [3.63, 3.8) is 0 Å². The van der Waals surface area contributed by atoms with Gasteiger partial charge in [-0.05, 0) is 25.5 Å². The molecule has 2 amide bonds. The molecule has 0 spiro atoms. The number of anilines is 1. The van der Waals surface area contributed by atoms with Crippen molar-refractivity contribution in [1.82, 2.24) is 24.6 Å². The van der Waals surface area contributed by atoms with Gasteiger partial charge in [-0.2, -0.15) is 9.36 Å². The molecule has 21 heteroatoms. The summed E-state index contributed by atoms with van der Waals surface area (Å²) in [5, 5.41) is 26.1. The van der Waals surface area contributed by atoms with Gasteiger partial charge in [0.2, 0.25) is 17.1 Å². The summed E-state index contributed by atoms with van der Waals surface area (Å²) in [5.74, 6) is 1.86. The summed E-state index contributed by atoms with van der Waals surface area (Å²) < 4.78 is 3.91. The molecule has 1 aromatic rings. The molecule has 11 N–H and O–H groups in total. The third-order valence-electron chi connectivity index (χ3n) is 5.77. The van der Waals surface area contributed by atoms with Crippen LogP contribution in [0.1, 0.15) is 19.7 Å². The van der Waals surface area contributed by atoms with Gasteiger partial charge < -0.3 is 37.6 Å². The van der Waals surface area contributed by atoms with Crippen LogP contribution in [-0.4, -0.2) is 98.8 Å². The molecule has 0 aromatic carbocycles. The minimum absolute atomic E-state index is 0.00556. The monoisotopic (exact) mass is 627 g/mol. The number of aromatic nitrogens is 2. The highest BCUT2D eigenvalue weighted by molar-refractivity contribution is 8.14.